The van der Waals surface area contributed by atoms with Crippen LogP contribution in [-0.4, -0.2) is 18.1 Å². The molecule has 106 valence electrons. The summed E-state index contributed by atoms with van der Waals surface area (Å²) in [5.74, 6) is 0.800. The normalized spacial score (nSPS) is 18.1. The highest BCUT2D eigenvalue weighted by Crippen LogP contribution is 2.26. The average Bonchev–Trinajstić information content (AvgIpc) is 2.49. The van der Waals surface area contributed by atoms with Crippen molar-refractivity contribution in [2.24, 2.45) is 21.6 Å². The number of aliphatic imine (C=N–C) groups is 2. The summed E-state index contributed by atoms with van der Waals surface area (Å²) in [5, 5.41) is 0. The third-order valence-corrected chi connectivity index (χ3v) is 3.73. The molecule has 1 heterocycles. The summed E-state index contributed by atoms with van der Waals surface area (Å²) >= 11 is 0. The monoisotopic (exact) mass is 277 g/mol. The molecule has 21 heavy (non-hydrogen) atoms. The van der Waals surface area contributed by atoms with Gasteiger partial charge in [0.05, 0.1) is 11.4 Å². The summed E-state index contributed by atoms with van der Waals surface area (Å²) in [7, 11) is 0. The van der Waals surface area contributed by atoms with E-state index in [1.165, 1.54) is 5.56 Å². The van der Waals surface area contributed by atoms with Crippen LogP contribution in [0.1, 0.15) is 23.6 Å². The summed E-state index contributed by atoms with van der Waals surface area (Å²) < 4.78 is 0. The quantitative estimate of drug-likeness (QED) is 0.852. The molecule has 1 aliphatic rings. The van der Waals surface area contributed by atoms with Gasteiger partial charge in [0.1, 0.15) is 5.84 Å². The van der Waals surface area contributed by atoms with Gasteiger partial charge in [0.2, 0.25) is 0 Å². The van der Waals surface area contributed by atoms with Gasteiger partial charge in [0, 0.05) is 23.6 Å². The second kappa shape index (κ2) is 5.52. The van der Waals surface area contributed by atoms with Gasteiger partial charge in [-0.25, -0.2) is 4.99 Å². The lowest BCUT2D eigenvalue weighted by atomic mass is 9.97. The van der Waals surface area contributed by atoms with Crippen molar-refractivity contribution in [2.45, 2.75) is 13.8 Å². The van der Waals surface area contributed by atoms with E-state index in [-0.39, 0.29) is 5.92 Å². The number of nitrogens with two attached hydrogens (primary N) is 1. The van der Waals surface area contributed by atoms with Gasteiger partial charge in [-0.1, -0.05) is 48.9 Å². The van der Waals surface area contributed by atoms with Gasteiger partial charge in [0.15, 0.2) is 0 Å². The van der Waals surface area contributed by atoms with Gasteiger partial charge < -0.3 is 5.73 Å². The molecule has 0 amide bonds. The van der Waals surface area contributed by atoms with Crippen LogP contribution in [0.2, 0.25) is 0 Å². The van der Waals surface area contributed by atoms with Crippen molar-refractivity contribution in [3.63, 3.8) is 0 Å². The molecule has 0 bridgehead atoms. The molecule has 1 atom stereocenters. The molecule has 0 saturated carbocycles. The van der Waals surface area contributed by atoms with Crippen LogP contribution < -0.4 is 5.73 Å². The topological polar surface area (TPSA) is 50.7 Å². The third kappa shape index (κ3) is 2.72. The molecule has 0 spiro atoms. The molecule has 2 aromatic rings. The molecule has 1 aliphatic heterocycles. The zero-order valence-electron chi connectivity index (χ0n) is 12.4. The van der Waals surface area contributed by atoms with E-state index in [1.807, 2.05) is 24.3 Å². The van der Waals surface area contributed by atoms with Gasteiger partial charge in [-0.05, 0) is 19.1 Å². The van der Waals surface area contributed by atoms with Crippen molar-refractivity contribution in [1.29, 1.82) is 0 Å². The second-order valence-corrected chi connectivity index (χ2v) is 5.51. The Hall–Kier alpha value is -2.42. The minimum atomic E-state index is 0.151. The number of hydrogen-bond acceptors (Lipinski definition) is 3. The maximum Gasteiger partial charge on any atom is 0.104 e. The number of hydrogen-bond donors (Lipinski definition) is 1. The van der Waals surface area contributed by atoms with Gasteiger partial charge in [0.25, 0.3) is 0 Å². The van der Waals surface area contributed by atoms with Crippen molar-refractivity contribution in [1.82, 2.24) is 0 Å². The van der Waals surface area contributed by atoms with E-state index in [0.717, 1.165) is 22.5 Å². The maximum atomic E-state index is 6.07. The largest absolute Gasteiger partial charge is 0.387 e. The van der Waals surface area contributed by atoms with E-state index in [4.69, 9.17) is 10.7 Å². The SMILES string of the molecule is Cc1ccc2c(c1)C(c1ccccc1)=NCC(C)C(N)=N2. The number of aryl methyl sites for hydroxylation is 1. The summed E-state index contributed by atoms with van der Waals surface area (Å²) in [6, 6.07) is 16.5. The van der Waals surface area contributed by atoms with Crippen molar-refractivity contribution in [3.05, 3.63) is 65.2 Å². The van der Waals surface area contributed by atoms with Crippen LogP contribution in [0.25, 0.3) is 0 Å². The highest BCUT2D eigenvalue weighted by molar-refractivity contribution is 6.16. The first-order valence-corrected chi connectivity index (χ1v) is 7.20. The Labute approximate surface area is 125 Å². The number of rotatable bonds is 1. The summed E-state index contributed by atoms with van der Waals surface area (Å²) in [5.41, 5.74) is 11.3. The lowest BCUT2D eigenvalue weighted by Gasteiger charge is -2.17. The number of nitrogens with zero attached hydrogens (tertiary/aromatic N) is 2. The molecule has 0 fully saturated rings. The van der Waals surface area contributed by atoms with E-state index in [2.05, 4.69) is 43.1 Å². The van der Waals surface area contributed by atoms with Gasteiger partial charge in [-0.3, -0.25) is 4.99 Å². The predicted molar refractivity (Wildman–Crippen MR) is 88.6 cm³/mol. The molecule has 0 aromatic heterocycles. The molecule has 1 unspecified atom stereocenters. The van der Waals surface area contributed by atoms with Crippen LogP contribution in [0.5, 0.6) is 0 Å². The van der Waals surface area contributed by atoms with Gasteiger partial charge in [-0.15, -0.1) is 0 Å². The molecule has 0 saturated heterocycles. The lowest BCUT2D eigenvalue weighted by molar-refractivity contribution is 0.775. The molecule has 2 N–H and O–H groups in total. The summed E-state index contributed by atoms with van der Waals surface area (Å²) in [6.45, 7) is 4.80. The Morgan fingerprint density at radius 2 is 1.86 bits per heavy atom. The maximum absolute atomic E-state index is 6.07. The van der Waals surface area contributed by atoms with Crippen molar-refractivity contribution < 1.29 is 0 Å². The first-order valence-electron chi connectivity index (χ1n) is 7.20. The van der Waals surface area contributed by atoms with E-state index in [1.54, 1.807) is 0 Å². The minimum absolute atomic E-state index is 0.151. The fourth-order valence-corrected chi connectivity index (χ4v) is 2.44. The Morgan fingerprint density at radius 3 is 2.62 bits per heavy atom. The Morgan fingerprint density at radius 1 is 1.10 bits per heavy atom. The zero-order chi connectivity index (χ0) is 14.8. The van der Waals surface area contributed by atoms with Crippen LogP contribution in [-0.2, 0) is 0 Å². The predicted octanol–water partition coefficient (Wildman–Crippen LogP) is 3.47. The fourth-order valence-electron chi connectivity index (χ4n) is 2.44. The van der Waals surface area contributed by atoms with Gasteiger partial charge >= 0.3 is 0 Å². The first-order chi connectivity index (χ1) is 10.1. The van der Waals surface area contributed by atoms with Crippen molar-refractivity contribution >= 4 is 17.2 Å². The molecular weight excluding hydrogens is 258 g/mol. The van der Waals surface area contributed by atoms with Gasteiger partial charge in [-0.2, -0.15) is 0 Å². The minimum Gasteiger partial charge on any atom is -0.387 e. The van der Waals surface area contributed by atoms with Crippen molar-refractivity contribution in [3.8, 4) is 0 Å². The first kappa shape index (κ1) is 13.6. The Bertz CT molecular complexity index is 714. The molecule has 3 nitrogen and oxygen atoms in total. The van der Waals surface area contributed by atoms with E-state index in [0.29, 0.717) is 12.4 Å². The molecule has 3 heteroatoms. The average molecular weight is 277 g/mol. The highest BCUT2D eigenvalue weighted by atomic mass is 14.9. The Balaban J connectivity index is 2.22. The number of amidine groups is 1. The van der Waals surface area contributed by atoms with E-state index >= 15 is 0 Å². The van der Waals surface area contributed by atoms with Crippen LogP contribution in [0.3, 0.4) is 0 Å². The van der Waals surface area contributed by atoms with Crippen molar-refractivity contribution in [2.75, 3.05) is 6.54 Å². The molecule has 0 radical (unpaired) electrons. The van der Waals surface area contributed by atoms with E-state index in [9.17, 15) is 0 Å². The second-order valence-electron chi connectivity index (χ2n) is 5.51. The molecular formula is C18H19N3. The standard InChI is InChI=1S/C18H19N3/c1-12-8-9-16-15(10-12)17(14-6-4-3-5-7-14)20-11-13(2)18(19)21-16/h3-10,13H,11H2,1-2H3,(H2,19,21). The van der Waals surface area contributed by atoms with Crippen LogP contribution in [0.15, 0.2) is 58.5 Å². The van der Waals surface area contributed by atoms with Crippen LogP contribution in [0.4, 0.5) is 5.69 Å². The molecule has 2 aromatic carbocycles. The lowest BCUT2D eigenvalue weighted by Crippen LogP contribution is -2.25. The smallest absolute Gasteiger partial charge is 0.104 e. The fraction of sp³-hybridized carbons (Fsp3) is 0.222. The van der Waals surface area contributed by atoms with Crippen LogP contribution >= 0.6 is 0 Å². The summed E-state index contributed by atoms with van der Waals surface area (Å²) in [6.07, 6.45) is 0. The van der Waals surface area contributed by atoms with E-state index < -0.39 is 0 Å². The third-order valence-electron chi connectivity index (χ3n) is 3.73. The highest BCUT2D eigenvalue weighted by Gasteiger charge is 2.17. The zero-order valence-corrected chi connectivity index (χ0v) is 12.4. The number of fused-ring (bicyclic) bond motifs is 1. The Kier molecular flexibility index (Phi) is 3.57. The summed E-state index contributed by atoms with van der Waals surface area (Å²) in [4.78, 5) is 9.43. The van der Waals surface area contributed by atoms with Crippen LogP contribution in [0, 0.1) is 12.8 Å². The number of benzene rings is 2. The molecule has 3 rings (SSSR count). The molecule has 0 aliphatic carbocycles.